The molecule has 2 N–H and O–H groups in total. The van der Waals surface area contributed by atoms with Crippen LogP contribution in [0.5, 0.6) is 5.75 Å². The van der Waals surface area contributed by atoms with E-state index in [0.29, 0.717) is 24.6 Å². The van der Waals surface area contributed by atoms with E-state index in [9.17, 15) is 8.78 Å². The van der Waals surface area contributed by atoms with Crippen LogP contribution in [0.2, 0.25) is 0 Å². The second-order valence-corrected chi connectivity index (χ2v) is 5.33. The van der Waals surface area contributed by atoms with Crippen molar-refractivity contribution in [3.8, 4) is 5.75 Å². The normalized spacial score (nSPS) is 10.8. The number of nitrogens with zero attached hydrogens (tertiary/aromatic N) is 1. The van der Waals surface area contributed by atoms with Gasteiger partial charge in [0.2, 0.25) is 0 Å². The molecule has 0 atom stereocenters. The number of benzene rings is 2. The highest BCUT2D eigenvalue weighted by Gasteiger charge is 2.05. The summed E-state index contributed by atoms with van der Waals surface area (Å²) < 4.78 is 32.1. The maximum Gasteiger partial charge on any atom is 0.191 e. The van der Waals surface area contributed by atoms with E-state index in [-0.39, 0.29) is 35.5 Å². The summed E-state index contributed by atoms with van der Waals surface area (Å²) in [6.45, 7) is 2.57. The topological polar surface area (TPSA) is 45.7 Å². The van der Waals surface area contributed by atoms with Crippen LogP contribution in [0.1, 0.15) is 16.7 Å². The van der Waals surface area contributed by atoms with Crippen molar-refractivity contribution in [3.63, 3.8) is 0 Å². The van der Waals surface area contributed by atoms with Crippen LogP contribution < -0.4 is 15.4 Å². The third-order valence-corrected chi connectivity index (χ3v) is 3.60. The third-order valence-electron chi connectivity index (χ3n) is 3.60. The van der Waals surface area contributed by atoms with Gasteiger partial charge in [-0.15, -0.1) is 24.0 Å². The Hall–Kier alpha value is -1.90. The summed E-state index contributed by atoms with van der Waals surface area (Å²) in [5.41, 5.74) is 2.19. The molecule has 0 unspecified atom stereocenters. The molecule has 0 spiro atoms. The molecule has 0 aliphatic rings. The molecule has 4 nitrogen and oxygen atoms in total. The van der Waals surface area contributed by atoms with Crippen LogP contribution in [0.4, 0.5) is 8.78 Å². The van der Waals surface area contributed by atoms with Crippen LogP contribution in [0, 0.1) is 18.6 Å². The zero-order valence-electron chi connectivity index (χ0n) is 14.4. The lowest BCUT2D eigenvalue weighted by Crippen LogP contribution is -2.36. The summed E-state index contributed by atoms with van der Waals surface area (Å²) >= 11 is 0. The van der Waals surface area contributed by atoms with Gasteiger partial charge in [-0.3, -0.25) is 4.99 Å². The Kier molecular flexibility index (Phi) is 8.60. The molecule has 2 rings (SSSR count). The highest BCUT2D eigenvalue weighted by atomic mass is 127. The average molecular weight is 461 g/mol. The lowest BCUT2D eigenvalue weighted by Gasteiger charge is -2.13. The number of hydrogen-bond acceptors (Lipinski definition) is 2. The minimum atomic E-state index is -0.408. The molecule has 0 aromatic heterocycles. The zero-order valence-corrected chi connectivity index (χ0v) is 16.7. The number of aliphatic imine (C=N–C) groups is 1. The maximum atomic E-state index is 13.7. The highest BCUT2D eigenvalue weighted by Crippen LogP contribution is 2.17. The van der Waals surface area contributed by atoms with Gasteiger partial charge in [0, 0.05) is 20.1 Å². The minimum absolute atomic E-state index is 0. The maximum absolute atomic E-state index is 13.7. The number of nitrogens with one attached hydrogen (secondary N) is 2. The number of aryl methyl sites for hydroxylation is 1. The van der Waals surface area contributed by atoms with E-state index in [1.165, 1.54) is 19.2 Å². The number of hydrogen-bond donors (Lipinski definition) is 2. The predicted octanol–water partition coefficient (Wildman–Crippen LogP) is 3.77. The fourth-order valence-electron chi connectivity index (χ4n) is 2.16. The van der Waals surface area contributed by atoms with E-state index in [4.69, 9.17) is 4.74 Å². The first kappa shape index (κ1) is 21.1. The SMILES string of the molecule is CN=C(NCc1ccc(C)c(F)c1)NCc1ccc(OC)c(F)c1.I. The van der Waals surface area contributed by atoms with Gasteiger partial charge >= 0.3 is 0 Å². The van der Waals surface area contributed by atoms with Gasteiger partial charge in [0.25, 0.3) is 0 Å². The molecule has 0 aliphatic carbocycles. The van der Waals surface area contributed by atoms with E-state index >= 15 is 0 Å². The number of methoxy groups -OCH3 is 1. The third kappa shape index (κ3) is 6.15. The molecular weight excluding hydrogens is 439 g/mol. The standard InChI is InChI=1S/C18H21F2N3O.HI/c1-12-4-5-13(8-15(12)19)10-22-18(21-2)23-11-14-6-7-17(24-3)16(20)9-14;/h4-9H,10-11H2,1-3H3,(H2,21,22,23);1H. The van der Waals surface area contributed by atoms with Crippen LogP contribution in [0.15, 0.2) is 41.4 Å². The molecule has 0 heterocycles. The fraction of sp³-hybridized carbons (Fsp3) is 0.278. The van der Waals surface area contributed by atoms with Crippen LogP contribution in [0.3, 0.4) is 0 Å². The largest absolute Gasteiger partial charge is 0.494 e. The van der Waals surface area contributed by atoms with Crippen LogP contribution in [0.25, 0.3) is 0 Å². The molecular formula is C18H22F2IN3O. The number of guanidine groups is 1. The van der Waals surface area contributed by atoms with Crippen molar-refractivity contribution >= 4 is 29.9 Å². The summed E-state index contributed by atoms with van der Waals surface area (Å²) in [4.78, 5) is 4.10. The molecule has 0 radical (unpaired) electrons. The number of ether oxygens (including phenoxy) is 1. The van der Waals surface area contributed by atoms with E-state index in [1.807, 2.05) is 6.07 Å². The zero-order chi connectivity index (χ0) is 17.5. The molecule has 0 fully saturated rings. The monoisotopic (exact) mass is 461 g/mol. The molecule has 2 aromatic carbocycles. The summed E-state index contributed by atoms with van der Waals surface area (Å²) in [5.74, 6) is 0.121. The minimum Gasteiger partial charge on any atom is -0.494 e. The molecule has 0 saturated heterocycles. The van der Waals surface area contributed by atoms with Gasteiger partial charge in [0.15, 0.2) is 17.5 Å². The van der Waals surface area contributed by atoms with Gasteiger partial charge in [-0.25, -0.2) is 8.78 Å². The average Bonchev–Trinajstić information content (AvgIpc) is 2.58. The molecule has 0 saturated carbocycles. The molecule has 25 heavy (non-hydrogen) atoms. The van der Waals surface area contributed by atoms with Crippen molar-refractivity contribution in [3.05, 3.63) is 64.7 Å². The second kappa shape index (κ2) is 10.2. The van der Waals surface area contributed by atoms with Crippen molar-refractivity contribution in [2.75, 3.05) is 14.2 Å². The van der Waals surface area contributed by atoms with Crippen LogP contribution in [-0.2, 0) is 13.1 Å². The Bertz CT molecular complexity index is 738. The Morgan fingerprint density at radius 1 is 1.00 bits per heavy atom. The van der Waals surface area contributed by atoms with Crippen molar-refractivity contribution in [1.82, 2.24) is 10.6 Å². The Balaban J connectivity index is 0.00000312. The van der Waals surface area contributed by atoms with Crippen molar-refractivity contribution in [2.24, 2.45) is 4.99 Å². The van der Waals surface area contributed by atoms with Crippen molar-refractivity contribution < 1.29 is 13.5 Å². The second-order valence-electron chi connectivity index (χ2n) is 5.33. The van der Waals surface area contributed by atoms with Gasteiger partial charge in [-0.05, 0) is 41.8 Å². The predicted molar refractivity (Wildman–Crippen MR) is 107 cm³/mol. The molecule has 0 aliphatic heterocycles. The first-order chi connectivity index (χ1) is 11.5. The smallest absolute Gasteiger partial charge is 0.191 e. The lowest BCUT2D eigenvalue weighted by molar-refractivity contribution is 0.386. The van der Waals surface area contributed by atoms with Crippen LogP contribution in [-0.4, -0.2) is 20.1 Å². The van der Waals surface area contributed by atoms with Gasteiger partial charge in [0.05, 0.1) is 7.11 Å². The number of rotatable bonds is 5. The highest BCUT2D eigenvalue weighted by molar-refractivity contribution is 14.0. The summed E-state index contributed by atoms with van der Waals surface area (Å²) in [6.07, 6.45) is 0. The molecule has 2 aromatic rings. The van der Waals surface area contributed by atoms with Crippen LogP contribution >= 0.6 is 24.0 Å². The molecule has 0 amide bonds. The van der Waals surface area contributed by atoms with Crippen molar-refractivity contribution in [2.45, 2.75) is 20.0 Å². The Morgan fingerprint density at radius 2 is 1.56 bits per heavy atom. The lowest BCUT2D eigenvalue weighted by atomic mass is 10.1. The van der Waals surface area contributed by atoms with Gasteiger partial charge in [-0.2, -0.15) is 0 Å². The molecule has 7 heteroatoms. The van der Waals surface area contributed by atoms with E-state index < -0.39 is 5.82 Å². The summed E-state index contributed by atoms with van der Waals surface area (Å²) in [6, 6.07) is 9.86. The summed E-state index contributed by atoms with van der Waals surface area (Å²) in [5, 5.41) is 6.18. The first-order valence-corrected chi connectivity index (χ1v) is 7.55. The molecule has 136 valence electrons. The fourth-order valence-corrected chi connectivity index (χ4v) is 2.16. The number of halogens is 3. The quantitative estimate of drug-likeness (QED) is 0.405. The Morgan fingerprint density at radius 3 is 2.04 bits per heavy atom. The van der Waals surface area contributed by atoms with E-state index in [1.54, 1.807) is 32.2 Å². The van der Waals surface area contributed by atoms with Gasteiger partial charge < -0.3 is 15.4 Å². The van der Waals surface area contributed by atoms with Gasteiger partial charge in [-0.1, -0.05) is 18.2 Å². The van der Waals surface area contributed by atoms with E-state index in [2.05, 4.69) is 15.6 Å². The van der Waals surface area contributed by atoms with Crippen molar-refractivity contribution in [1.29, 1.82) is 0 Å². The molecule has 0 bridgehead atoms. The van der Waals surface area contributed by atoms with E-state index in [0.717, 1.165) is 11.1 Å². The Labute approximate surface area is 163 Å². The van der Waals surface area contributed by atoms with Gasteiger partial charge in [0.1, 0.15) is 5.82 Å². The first-order valence-electron chi connectivity index (χ1n) is 7.55. The summed E-state index contributed by atoms with van der Waals surface area (Å²) in [7, 11) is 3.07.